The second-order valence-corrected chi connectivity index (χ2v) is 3.90. The SMILES string of the molecule is C[N-]CC1CCCCS1. The smallest absolute Gasteiger partial charge is 0.00654 e. The van der Waals surface area contributed by atoms with Crippen LogP contribution in [0.15, 0.2) is 0 Å². The lowest BCUT2D eigenvalue weighted by Gasteiger charge is -2.26. The van der Waals surface area contributed by atoms with Gasteiger partial charge in [0.1, 0.15) is 0 Å². The molecule has 1 unspecified atom stereocenters. The van der Waals surface area contributed by atoms with Crippen LogP contribution in [0.2, 0.25) is 0 Å². The Labute approximate surface area is 61.6 Å². The molecule has 1 atom stereocenters. The molecule has 54 valence electrons. The van der Waals surface area contributed by atoms with E-state index in [1.807, 2.05) is 7.05 Å². The van der Waals surface area contributed by atoms with Gasteiger partial charge in [-0.1, -0.05) is 6.42 Å². The van der Waals surface area contributed by atoms with Gasteiger partial charge >= 0.3 is 0 Å². The number of nitrogens with zero attached hydrogens (tertiary/aromatic N) is 1. The molecule has 9 heavy (non-hydrogen) atoms. The minimum absolute atomic E-state index is 0.851. The van der Waals surface area contributed by atoms with Crippen LogP contribution in [0.3, 0.4) is 0 Å². The second kappa shape index (κ2) is 4.18. The molecule has 0 aromatic rings. The average molecular weight is 144 g/mol. The quantitative estimate of drug-likeness (QED) is 0.580. The van der Waals surface area contributed by atoms with Gasteiger partial charge in [0.2, 0.25) is 0 Å². The Morgan fingerprint density at radius 2 is 2.44 bits per heavy atom. The van der Waals surface area contributed by atoms with Crippen molar-refractivity contribution in [2.24, 2.45) is 0 Å². The average Bonchev–Trinajstić information content (AvgIpc) is 1.91. The minimum Gasteiger partial charge on any atom is -0.664 e. The van der Waals surface area contributed by atoms with Crippen LogP contribution in [-0.4, -0.2) is 24.6 Å². The number of thioether (sulfide) groups is 1. The largest absolute Gasteiger partial charge is 0.664 e. The van der Waals surface area contributed by atoms with Crippen LogP contribution in [0.5, 0.6) is 0 Å². The normalized spacial score (nSPS) is 28.3. The summed E-state index contributed by atoms with van der Waals surface area (Å²) < 4.78 is 0. The molecule has 1 heterocycles. The zero-order valence-corrected chi connectivity index (χ0v) is 6.78. The van der Waals surface area contributed by atoms with Crippen LogP contribution < -0.4 is 0 Å². The van der Waals surface area contributed by atoms with E-state index in [0.717, 1.165) is 11.8 Å². The molecule has 0 N–H and O–H groups in total. The van der Waals surface area contributed by atoms with Crippen LogP contribution in [-0.2, 0) is 0 Å². The standard InChI is InChI=1S/C7H14NS/c1-8-6-7-4-2-3-5-9-7/h7H,2-6H2,1H3/q-1. The first-order valence-electron chi connectivity index (χ1n) is 3.60. The highest BCUT2D eigenvalue weighted by Gasteiger charge is 2.08. The molecular weight excluding hydrogens is 130 g/mol. The monoisotopic (exact) mass is 144 g/mol. The highest BCUT2D eigenvalue weighted by molar-refractivity contribution is 7.99. The van der Waals surface area contributed by atoms with Crippen LogP contribution in [0.4, 0.5) is 0 Å². The first kappa shape index (κ1) is 7.42. The van der Waals surface area contributed by atoms with Crippen molar-refractivity contribution in [1.82, 2.24) is 0 Å². The van der Waals surface area contributed by atoms with E-state index in [9.17, 15) is 0 Å². The summed E-state index contributed by atoms with van der Waals surface area (Å²) in [7, 11) is 1.91. The van der Waals surface area contributed by atoms with Gasteiger partial charge in [-0.25, -0.2) is 0 Å². The van der Waals surface area contributed by atoms with Crippen LogP contribution in [0, 0.1) is 0 Å². The summed E-state index contributed by atoms with van der Waals surface area (Å²) in [6.45, 7) is 1.07. The third-order valence-electron chi connectivity index (χ3n) is 1.66. The first-order chi connectivity index (χ1) is 4.43. The van der Waals surface area contributed by atoms with E-state index in [1.54, 1.807) is 0 Å². The van der Waals surface area contributed by atoms with E-state index < -0.39 is 0 Å². The van der Waals surface area contributed by atoms with Crippen LogP contribution in [0.1, 0.15) is 19.3 Å². The van der Waals surface area contributed by atoms with Gasteiger partial charge in [0.05, 0.1) is 0 Å². The molecule has 1 fully saturated rings. The number of rotatable bonds is 2. The highest BCUT2D eigenvalue weighted by Crippen LogP contribution is 2.25. The Bertz CT molecular complexity index is 66.6. The summed E-state index contributed by atoms with van der Waals surface area (Å²) in [5.74, 6) is 1.36. The molecule has 1 aliphatic heterocycles. The van der Waals surface area contributed by atoms with Gasteiger partial charge in [0, 0.05) is 0 Å². The zero-order valence-electron chi connectivity index (χ0n) is 5.97. The predicted molar refractivity (Wildman–Crippen MR) is 44.2 cm³/mol. The summed E-state index contributed by atoms with van der Waals surface area (Å²) >= 11 is 2.09. The van der Waals surface area contributed by atoms with Gasteiger partial charge in [-0.2, -0.15) is 18.8 Å². The summed E-state index contributed by atoms with van der Waals surface area (Å²) in [4.78, 5) is 0. The van der Waals surface area contributed by atoms with E-state index in [4.69, 9.17) is 0 Å². The van der Waals surface area contributed by atoms with Crippen molar-refractivity contribution in [3.63, 3.8) is 0 Å². The maximum absolute atomic E-state index is 4.14. The topological polar surface area (TPSA) is 14.1 Å². The van der Waals surface area contributed by atoms with Crippen molar-refractivity contribution < 1.29 is 0 Å². The Morgan fingerprint density at radius 1 is 1.56 bits per heavy atom. The van der Waals surface area contributed by atoms with Gasteiger partial charge in [0.15, 0.2) is 0 Å². The summed E-state index contributed by atoms with van der Waals surface area (Å²) in [6.07, 6.45) is 4.24. The number of hydrogen-bond donors (Lipinski definition) is 0. The molecule has 0 aromatic heterocycles. The van der Waals surface area contributed by atoms with E-state index in [1.165, 1.54) is 25.0 Å². The maximum Gasteiger partial charge on any atom is -0.00654 e. The van der Waals surface area contributed by atoms with Crippen molar-refractivity contribution in [2.45, 2.75) is 24.5 Å². The Kier molecular flexibility index (Phi) is 3.44. The van der Waals surface area contributed by atoms with Gasteiger partial charge in [0.25, 0.3) is 0 Å². The lowest BCUT2D eigenvalue weighted by Crippen LogP contribution is -2.12. The van der Waals surface area contributed by atoms with Crippen LogP contribution in [0.25, 0.3) is 5.32 Å². The molecule has 0 spiro atoms. The molecule has 1 saturated heterocycles. The third kappa shape index (κ3) is 2.59. The van der Waals surface area contributed by atoms with E-state index in [2.05, 4.69) is 17.1 Å². The lowest BCUT2D eigenvalue weighted by molar-refractivity contribution is 0.681. The molecule has 0 aliphatic carbocycles. The predicted octanol–water partition coefficient (Wildman–Crippen LogP) is 2.28. The van der Waals surface area contributed by atoms with E-state index in [-0.39, 0.29) is 0 Å². The molecule has 1 aliphatic rings. The van der Waals surface area contributed by atoms with Gasteiger partial charge in [-0.15, -0.1) is 6.54 Å². The summed E-state index contributed by atoms with van der Waals surface area (Å²) in [5.41, 5.74) is 0. The summed E-state index contributed by atoms with van der Waals surface area (Å²) in [5, 5.41) is 4.99. The van der Waals surface area contributed by atoms with Crippen molar-refractivity contribution in [3.05, 3.63) is 5.32 Å². The maximum atomic E-state index is 4.14. The molecule has 0 radical (unpaired) electrons. The molecular formula is C7H14NS-. The molecule has 0 saturated carbocycles. The van der Waals surface area contributed by atoms with Crippen molar-refractivity contribution in [3.8, 4) is 0 Å². The first-order valence-corrected chi connectivity index (χ1v) is 4.65. The van der Waals surface area contributed by atoms with Gasteiger partial charge in [-0.05, 0) is 23.8 Å². The fourth-order valence-electron chi connectivity index (χ4n) is 1.16. The zero-order chi connectivity index (χ0) is 6.53. The molecule has 0 bridgehead atoms. The second-order valence-electron chi connectivity index (χ2n) is 2.49. The fourth-order valence-corrected chi connectivity index (χ4v) is 2.45. The lowest BCUT2D eigenvalue weighted by atomic mass is 10.2. The van der Waals surface area contributed by atoms with Crippen molar-refractivity contribution in [1.29, 1.82) is 0 Å². The molecule has 0 amide bonds. The van der Waals surface area contributed by atoms with E-state index >= 15 is 0 Å². The molecule has 1 nitrogen and oxygen atoms in total. The molecule has 1 rings (SSSR count). The van der Waals surface area contributed by atoms with Crippen molar-refractivity contribution >= 4 is 11.8 Å². The Morgan fingerprint density at radius 3 is 3.00 bits per heavy atom. The minimum atomic E-state index is 0.851. The van der Waals surface area contributed by atoms with Gasteiger partial charge in [-0.3, -0.25) is 0 Å². The Hall–Kier alpha value is 0.310. The fraction of sp³-hybridized carbons (Fsp3) is 1.00. The van der Waals surface area contributed by atoms with Crippen molar-refractivity contribution in [2.75, 3.05) is 19.3 Å². The molecule has 0 aromatic carbocycles. The Balaban J connectivity index is 2.08. The molecule has 2 heteroatoms. The third-order valence-corrected chi connectivity index (χ3v) is 3.04. The summed E-state index contributed by atoms with van der Waals surface area (Å²) in [6, 6.07) is 0. The number of hydrogen-bond acceptors (Lipinski definition) is 1. The highest BCUT2D eigenvalue weighted by atomic mass is 32.2. The van der Waals surface area contributed by atoms with E-state index in [0.29, 0.717) is 0 Å². The van der Waals surface area contributed by atoms with Crippen LogP contribution >= 0.6 is 11.8 Å². The van der Waals surface area contributed by atoms with Gasteiger partial charge < -0.3 is 5.32 Å².